The molecular formula is C24H24N4O2S2. The van der Waals surface area contributed by atoms with Crippen LogP contribution < -0.4 is 4.74 Å². The first-order valence-electron chi connectivity index (χ1n) is 10.7. The van der Waals surface area contributed by atoms with Crippen molar-refractivity contribution in [2.45, 2.75) is 30.5 Å². The predicted octanol–water partition coefficient (Wildman–Crippen LogP) is 5.34. The standard InChI is InChI=1S/C24H24N4O2S2/c1-30-18-11-9-17(10-12-18)27-15-13-25-24(27)31-16-22(29)28-14-5-4-7-20(28)23-26-19-6-2-3-8-21(19)32-23/h2-3,6,8-13,15,20H,4-5,7,14,16H2,1H3/t20-/m1/s1. The van der Waals surface area contributed by atoms with Crippen LogP contribution in [0.3, 0.4) is 0 Å². The van der Waals surface area contributed by atoms with Gasteiger partial charge in [-0.05, 0) is 55.7 Å². The lowest BCUT2D eigenvalue weighted by Crippen LogP contribution is -2.39. The molecule has 0 aliphatic carbocycles. The van der Waals surface area contributed by atoms with Gasteiger partial charge < -0.3 is 9.64 Å². The van der Waals surface area contributed by atoms with Crippen molar-refractivity contribution in [2.24, 2.45) is 0 Å². The second kappa shape index (κ2) is 9.34. The summed E-state index contributed by atoms with van der Waals surface area (Å²) in [5, 5.41) is 1.85. The van der Waals surface area contributed by atoms with Crippen molar-refractivity contribution in [3.05, 3.63) is 65.9 Å². The van der Waals surface area contributed by atoms with Crippen molar-refractivity contribution in [1.29, 1.82) is 0 Å². The lowest BCUT2D eigenvalue weighted by Gasteiger charge is -2.34. The Hall–Kier alpha value is -2.84. The molecule has 32 heavy (non-hydrogen) atoms. The number of thiazole rings is 1. The van der Waals surface area contributed by atoms with Crippen LogP contribution >= 0.6 is 23.1 Å². The minimum atomic E-state index is 0.0654. The van der Waals surface area contributed by atoms with E-state index in [2.05, 4.69) is 11.1 Å². The van der Waals surface area contributed by atoms with Crippen molar-refractivity contribution in [3.63, 3.8) is 0 Å². The summed E-state index contributed by atoms with van der Waals surface area (Å²) in [7, 11) is 1.65. The first-order chi connectivity index (χ1) is 15.7. The fourth-order valence-corrected chi connectivity index (χ4v) is 6.04. The number of hydrogen-bond acceptors (Lipinski definition) is 6. The van der Waals surface area contributed by atoms with Gasteiger partial charge in [0, 0.05) is 24.6 Å². The summed E-state index contributed by atoms with van der Waals surface area (Å²) in [6.45, 7) is 0.785. The summed E-state index contributed by atoms with van der Waals surface area (Å²) in [6.07, 6.45) is 6.82. The van der Waals surface area contributed by atoms with Gasteiger partial charge in [-0.2, -0.15) is 0 Å². The van der Waals surface area contributed by atoms with E-state index in [1.54, 1.807) is 24.6 Å². The average Bonchev–Trinajstić information content (AvgIpc) is 3.49. The molecule has 0 unspecified atom stereocenters. The minimum absolute atomic E-state index is 0.0654. The molecule has 1 amide bonds. The van der Waals surface area contributed by atoms with Crippen LogP contribution in [-0.2, 0) is 4.79 Å². The Morgan fingerprint density at radius 2 is 2.03 bits per heavy atom. The number of carbonyl (C=O) groups excluding carboxylic acids is 1. The maximum atomic E-state index is 13.3. The molecule has 0 saturated carbocycles. The third kappa shape index (κ3) is 4.25. The lowest BCUT2D eigenvalue weighted by molar-refractivity contribution is -0.132. The summed E-state index contributed by atoms with van der Waals surface area (Å²) in [5.41, 5.74) is 2.00. The molecule has 4 aromatic rings. The van der Waals surface area contributed by atoms with Crippen molar-refractivity contribution in [3.8, 4) is 11.4 Å². The van der Waals surface area contributed by atoms with Gasteiger partial charge >= 0.3 is 0 Å². The molecule has 3 heterocycles. The fraction of sp³-hybridized carbons (Fsp3) is 0.292. The van der Waals surface area contributed by atoms with Crippen LogP contribution in [0.15, 0.2) is 66.1 Å². The third-order valence-electron chi connectivity index (χ3n) is 5.70. The molecule has 1 fully saturated rings. The van der Waals surface area contributed by atoms with Gasteiger partial charge in [-0.1, -0.05) is 23.9 Å². The number of thioether (sulfide) groups is 1. The van der Waals surface area contributed by atoms with E-state index in [9.17, 15) is 4.79 Å². The van der Waals surface area contributed by atoms with Crippen molar-refractivity contribution in [2.75, 3.05) is 19.4 Å². The molecule has 2 aromatic heterocycles. The molecule has 0 bridgehead atoms. The minimum Gasteiger partial charge on any atom is -0.497 e. The number of aromatic nitrogens is 3. The number of ether oxygens (including phenoxy) is 1. The number of rotatable bonds is 6. The molecule has 1 saturated heterocycles. The van der Waals surface area contributed by atoms with Crippen LogP contribution in [0, 0.1) is 0 Å². The molecule has 164 valence electrons. The Morgan fingerprint density at radius 3 is 2.84 bits per heavy atom. The zero-order valence-corrected chi connectivity index (χ0v) is 19.4. The van der Waals surface area contributed by atoms with Crippen LogP contribution in [0.5, 0.6) is 5.75 Å². The van der Waals surface area contributed by atoms with Crippen LogP contribution in [0.4, 0.5) is 0 Å². The van der Waals surface area contributed by atoms with Crippen LogP contribution in [0.25, 0.3) is 15.9 Å². The number of hydrogen-bond donors (Lipinski definition) is 0. The van der Waals surface area contributed by atoms with Gasteiger partial charge in [0.15, 0.2) is 5.16 Å². The van der Waals surface area contributed by atoms with Gasteiger partial charge in [0.1, 0.15) is 10.8 Å². The number of piperidine rings is 1. The number of benzene rings is 2. The number of methoxy groups -OCH3 is 1. The first-order valence-corrected chi connectivity index (χ1v) is 12.5. The van der Waals surface area contributed by atoms with Gasteiger partial charge in [-0.15, -0.1) is 11.3 Å². The average molecular weight is 465 g/mol. The van der Waals surface area contributed by atoms with Gasteiger partial charge in [-0.3, -0.25) is 9.36 Å². The maximum Gasteiger partial charge on any atom is 0.233 e. The highest BCUT2D eigenvalue weighted by atomic mass is 32.2. The number of amides is 1. The van der Waals surface area contributed by atoms with Gasteiger partial charge in [-0.25, -0.2) is 9.97 Å². The molecule has 1 atom stereocenters. The first kappa shape index (κ1) is 21.0. The third-order valence-corrected chi connectivity index (χ3v) is 7.79. The molecule has 1 aliphatic rings. The number of fused-ring (bicyclic) bond motifs is 1. The molecule has 6 nitrogen and oxygen atoms in total. The van der Waals surface area contributed by atoms with E-state index in [1.807, 2.05) is 58.1 Å². The molecule has 1 aliphatic heterocycles. The zero-order chi connectivity index (χ0) is 21.9. The number of carbonyl (C=O) groups is 1. The fourth-order valence-electron chi connectivity index (χ4n) is 4.06. The second-order valence-corrected chi connectivity index (χ2v) is 9.69. The Morgan fingerprint density at radius 1 is 1.19 bits per heavy atom. The highest BCUT2D eigenvalue weighted by Crippen LogP contribution is 2.36. The number of para-hydroxylation sites is 1. The Bertz CT molecular complexity index is 1190. The molecule has 0 spiro atoms. The van der Waals surface area contributed by atoms with Crippen molar-refractivity contribution >= 4 is 39.2 Å². The molecule has 5 rings (SSSR count). The summed E-state index contributed by atoms with van der Waals surface area (Å²) >= 11 is 3.18. The summed E-state index contributed by atoms with van der Waals surface area (Å²) in [6, 6.07) is 16.1. The van der Waals surface area contributed by atoms with Gasteiger partial charge in [0.25, 0.3) is 0 Å². The predicted molar refractivity (Wildman–Crippen MR) is 129 cm³/mol. The van der Waals surface area contributed by atoms with E-state index in [-0.39, 0.29) is 11.9 Å². The molecule has 2 aromatic carbocycles. The number of imidazole rings is 1. The highest BCUT2D eigenvalue weighted by Gasteiger charge is 2.30. The van der Waals surface area contributed by atoms with E-state index >= 15 is 0 Å². The van der Waals surface area contributed by atoms with Crippen LogP contribution in [0.2, 0.25) is 0 Å². The van der Waals surface area contributed by atoms with E-state index in [1.165, 1.54) is 16.5 Å². The molecular weight excluding hydrogens is 440 g/mol. The van der Waals surface area contributed by atoms with E-state index in [0.29, 0.717) is 5.75 Å². The van der Waals surface area contributed by atoms with E-state index in [4.69, 9.17) is 9.72 Å². The number of nitrogens with zero attached hydrogens (tertiary/aromatic N) is 4. The zero-order valence-electron chi connectivity index (χ0n) is 17.8. The molecule has 0 N–H and O–H groups in total. The summed E-state index contributed by atoms with van der Waals surface area (Å²) in [5.74, 6) is 1.31. The van der Waals surface area contributed by atoms with Crippen LogP contribution in [-0.4, -0.2) is 44.7 Å². The SMILES string of the molecule is COc1ccc(-n2ccnc2SCC(=O)N2CCCC[C@@H]2c2nc3ccccc3s2)cc1. The number of likely N-dealkylation sites (tertiary alicyclic amines) is 1. The topological polar surface area (TPSA) is 60.3 Å². The van der Waals surface area contributed by atoms with Crippen molar-refractivity contribution in [1.82, 2.24) is 19.4 Å². The second-order valence-electron chi connectivity index (χ2n) is 7.69. The molecule has 0 radical (unpaired) electrons. The Kier molecular flexibility index (Phi) is 6.14. The van der Waals surface area contributed by atoms with Gasteiger partial charge in [0.05, 0.1) is 29.1 Å². The normalized spacial score (nSPS) is 16.4. The largest absolute Gasteiger partial charge is 0.497 e. The molecule has 8 heteroatoms. The monoisotopic (exact) mass is 464 g/mol. The Balaban J connectivity index is 1.30. The Labute approximate surface area is 195 Å². The van der Waals surface area contributed by atoms with Gasteiger partial charge in [0.2, 0.25) is 5.91 Å². The lowest BCUT2D eigenvalue weighted by atomic mass is 10.0. The van der Waals surface area contributed by atoms with E-state index in [0.717, 1.165) is 52.9 Å². The highest BCUT2D eigenvalue weighted by molar-refractivity contribution is 7.99. The van der Waals surface area contributed by atoms with E-state index < -0.39 is 0 Å². The maximum absolute atomic E-state index is 13.3. The quantitative estimate of drug-likeness (QED) is 0.361. The van der Waals surface area contributed by atoms with Crippen LogP contribution in [0.1, 0.15) is 30.3 Å². The van der Waals surface area contributed by atoms with Crippen molar-refractivity contribution < 1.29 is 9.53 Å². The smallest absolute Gasteiger partial charge is 0.233 e. The summed E-state index contributed by atoms with van der Waals surface area (Å²) in [4.78, 5) is 24.6. The summed E-state index contributed by atoms with van der Waals surface area (Å²) < 4.78 is 8.42.